The molecule has 0 spiro atoms. The molecule has 0 unspecified atom stereocenters. The van der Waals surface area contributed by atoms with Crippen LogP contribution < -0.4 is 0 Å². The van der Waals surface area contributed by atoms with E-state index >= 15 is 0 Å². The van der Waals surface area contributed by atoms with Gasteiger partial charge in [0.05, 0.1) is 22.3 Å². The van der Waals surface area contributed by atoms with Crippen molar-refractivity contribution in [1.29, 1.82) is 0 Å². The Balaban J connectivity index is 1.46. The van der Waals surface area contributed by atoms with Gasteiger partial charge >= 0.3 is 29.8 Å². The van der Waals surface area contributed by atoms with Crippen LogP contribution in [0.3, 0.4) is 0 Å². The molecule has 2 heterocycles. The molecule has 1 aromatic heterocycles. The number of ether oxygens (including phenoxy) is 5. The molecular weight excluding hydrogens is 662 g/mol. The average molecular weight is 692 g/mol. The minimum absolute atomic E-state index is 0.0984. The number of benzene rings is 4. The standard InChI is InChI=1S/C37H29N3O11/c41-33(24-13-5-1-6-14-24)47-23-28-29(49-34(42)25-15-7-2-8-16-25)30(50-35(43)26-17-9-3-10-18-26)31(51-36(44)27-19-11-4-12-20-27)32(48-28)39-22-21-38-37(39)40(45)46/h1-22,28-32H,23H2/t28-,29+,30+,31-,32+/m1/s1. The van der Waals surface area contributed by atoms with Gasteiger partial charge in [-0.25, -0.2) is 19.2 Å². The van der Waals surface area contributed by atoms with E-state index in [1.165, 1.54) is 54.7 Å². The molecule has 4 aromatic carbocycles. The minimum Gasteiger partial charge on any atom is -0.459 e. The normalized spacial score (nSPS) is 19.6. The Hall–Kier alpha value is -6.67. The Kier molecular flexibility index (Phi) is 10.5. The molecule has 0 radical (unpaired) electrons. The summed E-state index contributed by atoms with van der Waals surface area (Å²) in [5.41, 5.74) is 0.522. The number of imidazole rings is 1. The van der Waals surface area contributed by atoms with Crippen LogP contribution in [0.4, 0.5) is 5.95 Å². The summed E-state index contributed by atoms with van der Waals surface area (Å²) in [6.07, 6.45) is -5.66. The van der Waals surface area contributed by atoms with E-state index in [0.29, 0.717) is 0 Å². The number of nitro groups is 1. The van der Waals surface area contributed by atoms with Crippen LogP contribution in [0.5, 0.6) is 0 Å². The minimum atomic E-state index is -1.69. The van der Waals surface area contributed by atoms with Crippen molar-refractivity contribution in [2.75, 3.05) is 6.61 Å². The molecule has 1 aliphatic rings. The predicted molar refractivity (Wildman–Crippen MR) is 176 cm³/mol. The smallest absolute Gasteiger partial charge is 0.436 e. The van der Waals surface area contributed by atoms with Gasteiger partial charge in [-0.3, -0.25) is 0 Å². The van der Waals surface area contributed by atoms with Gasteiger partial charge in [-0.2, -0.15) is 4.57 Å². The topological polar surface area (TPSA) is 175 Å². The Labute approximate surface area is 290 Å². The molecule has 0 saturated carbocycles. The predicted octanol–water partition coefficient (Wildman–Crippen LogP) is 5.22. The molecule has 6 rings (SSSR count). The Morgan fingerprint density at radius 1 is 0.627 bits per heavy atom. The van der Waals surface area contributed by atoms with Crippen molar-refractivity contribution >= 4 is 29.8 Å². The first kappa shape index (κ1) is 34.2. The summed E-state index contributed by atoms with van der Waals surface area (Å²) >= 11 is 0. The monoisotopic (exact) mass is 691 g/mol. The number of esters is 4. The quantitative estimate of drug-likeness (QED) is 0.0765. The summed E-state index contributed by atoms with van der Waals surface area (Å²) in [5, 5.41) is 12.1. The summed E-state index contributed by atoms with van der Waals surface area (Å²) in [4.78, 5) is 69.0. The third-order valence-electron chi connectivity index (χ3n) is 7.84. The molecule has 5 atom stereocenters. The van der Waals surface area contributed by atoms with Crippen LogP contribution >= 0.6 is 0 Å². The first-order valence-electron chi connectivity index (χ1n) is 15.6. The Bertz CT molecular complexity index is 1990. The number of hydrogen-bond acceptors (Lipinski definition) is 12. The second-order valence-corrected chi connectivity index (χ2v) is 11.1. The van der Waals surface area contributed by atoms with Gasteiger partial charge in [0.25, 0.3) is 0 Å². The summed E-state index contributed by atoms with van der Waals surface area (Å²) < 4.78 is 30.8. The van der Waals surface area contributed by atoms with Gasteiger partial charge in [0.2, 0.25) is 12.3 Å². The largest absolute Gasteiger partial charge is 0.459 e. The molecule has 0 N–H and O–H groups in total. The lowest BCUT2D eigenvalue weighted by atomic mass is 9.96. The maximum absolute atomic E-state index is 13.7. The van der Waals surface area contributed by atoms with Crippen LogP contribution in [0.15, 0.2) is 134 Å². The highest BCUT2D eigenvalue weighted by Crippen LogP contribution is 2.37. The van der Waals surface area contributed by atoms with Crippen LogP contribution in [0.1, 0.15) is 47.7 Å². The molecule has 1 saturated heterocycles. The third-order valence-corrected chi connectivity index (χ3v) is 7.84. The number of hydrogen-bond donors (Lipinski definition) is 0. The molecule has 0 bridgehead atoms. The first-order chi connectivity index (χ1) is 24.8. The number of carbonyl (C=O) groups excluding carboxylic acids is 4. The third kappa shape index (κ3) is 7.98. The van der Waals surface area contributed by atoms with Gasteiger partial charge < -0.3 is 33.8 Å². The zero-order valence-corrected chi connectivity index (χ0v) is 26.6. The zero-order chi connectivity index (χ0) is 35.7. The highest BCUT2D eigenvalue weighted by molar-refractivity contribution is 5.91. The highest BCUT2D eigenvalue weighted by atomic mass is 16.7. The van der Waals surface area contributed by atoms with Crippen molar-refractivity contribution in [3.63, 3.8) is 0 Å². The van der Waals surface area contributed by atoms with E-state index < -0.39 is 72.0 Å². The molecule has 14 heteroatoms. The van der Waals surface area contributed by atoms with Crippen molar-refractivity contribution < 1.29 is 47.8 Å². The van der Waals surface area contributed by atoms with Gasteiger partial charge in [-0.15, -0.1) is 0 Å². The fraction of sp³-hybridized carbons (Fsp3) is 0.162. The van der Waals surface area contributed by atoms with Crippen molar-refractivity contribution in [2.24, 2.45) is 0 Å². The number of rotatable bonds is 11. The first-order valence-corrected chi connectivity index (χ1v) is 15.6. The lowest BCUT2D eigenvalue weighted by molar-refractivity contribution is -0.400. The van der Waals surface area contributed by atoms with E-state index in [1.807, 2.05) is 0 Å². The number of nitrogens with zero attached hydrogens (tertiary/aromatic N) is 3. The summed E-state index contributed by atoms with van der Waals surface area (Å²) in [6.45, 7) is -0.585. The van der Waals surface area contributed by atoms with E-state index in [1.54, 1.807) is 72.8 Å². The highest BCUT2D eigenvalue weighted by Gasteiger charge is 2.55. The van der Waals surface area contributed by atoms with Gasteiger partial charge in [0.1, 0.15) is 25.1 Å². The molecule has 14 nitrogen and oxygen atoms in total. The summed E-state index contributed by atoms with van der Waals surface area (Å²) in [5.74, 6) is -4.13. The fourth-order valence-corrected chi connectivity index (χ4v) is 5.41. The van der Waals surface area contributed by atoms with E-state index in [9.17, 15) is 29.3 Å². The van der Waals surface area contributed by atoms with Crippen molar-refractivity contribution in [3.05, 3.63) is 166 Å². The van der Waals surface area contributed by atoms with Gasteiger partial charge in [-0.05, 0) is 53.5 Å². The second kappa shape index (κ2) is 15.7. The average Bonchev–Trinajstić information content (AvgIpc) is 3.67. The maximum Gasteiger partial charge on any atom is 0.436 e. The van der Waals surface area contributed by atoms with E-state index in [2.05, 4.69) is 4.98 Å². The van der Waals surface area contributed by atoms with E-state index in [-0.39, 0.29) is 22.3 Å². The molecule has 0 amide bonds. The van der Waals surface area contributed by atoms with Gasteiger partial charge in [0.15, 0.2) is 12.2 Å². The lowest BCUT2D eigenvalue weighted by Gasteiger charge is -2.43. The van der Waals surface area contributed by atoms with Crippen LogP contribution in [0, 0.1) is 10.1 Å². The summed E-state index contributed by atoms with van der Waals surface area (Å²) in [7, 11) is 0. The van der Waals surface area contributed by atoms with Crippen molar-refractivity contribution in [2.45, 2.75) is 30.6 Å². The van der Waals surface area contributed by atoms with Crippen LogP contribution in [0.25, 0.3) is 0 Å². The van der Waals surface area contributed by atoms with Crippen LogP contribution in [-0.2, 0) is 23.7 Å². The molecule has 1 aliphatic heterocycles. The van der Waals surface area contributed by atoms with E-state index in [0.717, 1.165) is 10.8 Å². The molecule has 51 heavy (non-hydrogen) atoms. The van der Waals surface area contributed by atoms with E-state index in [4.69, 9.17) is 23.7 Å². The van der Waals surface area contributed by atoms with Gasteiger partial charge in [0, 0.05) is 0 Å². The molecular formula is C37H29N3O11. The number of carbonyl (C=O) groups is 4. The van der Waals surface area contributed by atoms with Crippen LogP contribution in [0.2, 0.25) is 0 Å². The number of aromatic nitrogens is 2. The zero-order valence-electron chi connectivity index (χ0n) is 26.6. The fourth-order valence-electron chi connectivity index (χ4n) is 5.41. The second-order valence-electron chi connectivity index (χ2n) is 11.1. The van der Waals surface area contributed by atoms with Crippen molar-refractivity contribution in [1.82, 2.24) is 9.55 Å². The Morgan fingerprint density at radius 3 is 1.49 bits per heavy atom. The van der Waals surface area contributed by atoms with Crippen molar-refractivity contribution in [3.8, 4) is 0 Å². The lowest BCUT2D eigenvalue weighted by Crippen LogP contribution is -2.60. The molecule has 1 fully saturated rings. The SMILES string of the molecule is O=C(OC[C@H]1O[C@H](n2ccnc2[N+](=O)[O-])[C@H](OC(=O)c2ccccc2)[C@@H](OC(=O)c2ccccc2)[C@H]1OC(=O)c1ccccc1)c1ccccc1. The summed E-state index contributed by atoms with van der Waals surface area (Å²) in [6, 6.07) is 31.6. The Morgan fingerprint density at radius 2 is 1.04 bits per heavy atom. The van der Waals surface area contributed by atoms with Crippen LogP contribution in [-0.4, -0.2) is 69.4 Å². The van der Waals surface area contributed by atoms with Gasteiger partial charge in [-0.1, -0.05) is 77.8 Å². The molecule has 0 aliphatic carbocycles. The molecule has 258 valence electrons. The maximum atomic E-state index is 13.7. The molecule has 5 aromatic rings.